The van der Waals surface area contributed by atoms with Crippen LogP contribution in [-0.2, 0) is 16.1 Å². The van der Waals surface area contributed by atoms with Crippen LogP contribution in [0.4, 0.5) is 13.2 Å². The van der Waals surface area contributed by atoms with E-state index in [0.717, 1.165) is 16.0 Å². The summed E-state index contributed by atoms with van der Waals surface area (Å²) in [7, 11) is 0. The van der Waals surface area contributed by atoms with Crippen molar-refractivity contribution < 1.29 is 27.8 Å². The van der Waals surface area contributed by atoms with E-state index in [9.17, 15) is 18.3 Å². The summed E-state index contributed by atoms with van der Waals surface area (Å²) in [6.07, 6.45) is -2.58. The fourth-order valence-corrected chi connectivity index (χ4v) is 2.77. The molecule has 0 spiro atoms. The van der Waals surface area contributed by atoms with E-state index in [0.29, 0.717) is 18.1 Å². The minimum atomic E-state index is -4.29. The van der Waals surface area contributed by atoms with Crippen molar-refractivity contribution >= 4 is 11.8 Å². The third-order valence-corrected chi connectivity index (χ3v) is 4.09. The Labute approximate surface area is 132 Å². The van der Waals surface area contributed by atoms with Crippen molar-refractivity contribution in [1.29, 1.82) is 0 Å². The average molecular weight is 339 g/mol. The molecular weight excluding hydrogens is 319 g/mol. The smallest absolute Gasteiger partial charge is 0.390 e. The predicted octanol–water partition coefficient (Wildman–Crippen LogP) is 2.88. The van der Waals surface area contributed by atoms with Crippen LogP contribution in [0.15, 0.2) is 11.1 Å². The molecular formula is C14H20F3NO3S. The zero-order valence-corrected chi connectivity index (χ0v) is 13.4. The summed E-state index contributed by atoms with van der Waals surface area (Å²) in [4.78, 5) is 5.20. The first-order chi connectivity index (χ1) is 10.3. The van der Waals surface area contributed by atoms with Crippen molar-refractivity contribution in [1.82, 2.24) is 4.98 Å². The summed E-state index contributed by atoms with van der Waals surface area (Å²) in [5.41, 5.74) is 2.61. The second kappa shape index (κ2) is 9.34. The highest BCUT2D eigenvalue weighted by molar-refractivity contribution is 7.99. The maximum absolute atomic E-state index is 11.8. The first-order valence-corrected chi connectivity index (χ1v) is 7.74. The number of rotatable bonds is 9. The molecule has 0 fully saturated rings. The average Bonchev–Trinajstić information content (AvgIpc) is 2.43. The largest absolute Gasteiger partial charge is 0.411 e. The molecule has 1 heterocycles. The maximum Gasteiger partial charge on any atom is 0.411 e. The second-order valence-corrected chi connectivity index (χ2v) is 5.73. The minimum Gasteiger partial charge on any atom is -0.390 e. The Morgan fingerprint density at radius 3 is 2.50 bits per heavy atom. The highest BCUT2D eigenvalue weighted by Gasteiger charge is 2.27. The molecule has 1 aromatic rings. The second-order valence-electron chi connectivity index (χ2n) is 4.63. The molecule has 1 rings (SSSR count). The first-order valence-electron chi connectivity index (χ1n) is 6.76. The number of hydrogen-bond donors (Lipinski definition) is 1. The third kappa shape index (κ3) is 6.95. The van der Waals surface area contributed by atoms with E-state index in [1.807, 2.05) is 13.8 Å². The molecule has 0 aliphatic heterocycles. The van der Waals surface area contributed by atoms with Gasteiger partial charge >= 0.3 is 6.18 Å². The van der Waals surface area contributed by atoms with Gasteiger partial charge in [0.25, 0.3) is 0 Å². The summed E-state index contributed by atoms with van der Waals surface area (Å²) in [5.74, 6) is 0.663. The van der Waals surface area contributed by atoms with Gasteiger partial charge in [-0.3, -0.25) is 4.98 Å². The molecule has 0 aromatic carbocycles. The number of ether oxygens (including phenoxy) is 2. The quantitative estimate of drug-likeness (QED) is 0.554. The third-order valence-electron chi connectivity index (χ3n) is 2.81. The Bertz CT molecular complexity index is 469. The Morgan fingerprint density at radius 2 is 1.86 bits per heavy atom. The van der Waals surface area contributed by atoms with Gasteiger partial charge in [-0.05, 0) is 25.0 Å². The number of aliphatic hydroxyl groups excluding tert-OH is 1. The minimum absolute atomic E-state index is 0.0772. The van der Waals surface area contributed by atoms with Crippen molar-refractivity contribution in [3.63, 3.8) is 0 Å². The first kappa shape index (κ1) is 19.2. The molecule has 0 bridgehead atoms. The van der Waals surface area contributed by atoms with Crippen LogP contribution in [0.5, 0.6) is 0 Å². The molecule has 0 saturated carbocycles. The molecule has 0 aliphatic rings. The van der Waals surface area contributed by atoms with Gasteiger partial charge in [-0.1, -0.05) is 0 Å². The van der Waals surface area contributed by atoms with Crippen molar-refractivity contribution in [2.45, 2.75) is 31.5 Å². The van der Waals surface area contributed by atoms with Gasteiger partial charge in [0.2, 0.25) is 0 Å². The van der Waals surface area contributed by atoms with Crippen LogP contribution < -0.4 is 0 Å². The van der Waals surface area contributed by atoms with Crippen molar-refractivity contribution in [2.24, 2.45) is 0 Å². The lowest BCUT2D eigenvalue weighted by Crippen LogP contribution is -2.19. The van der Waals surface area contributed by atoms with Gasteiger partial charge in [0.1, 0.15) is 6.61 Å². The zero-order chi connectivity index (χ0) is 16.6. The summed E-state index contributed by atoms with van der Waals surface area (Å²) in [5, 5.41) is 9.19. The van der Waals surface area contributed by atoms with Gasteiger partial charge in [-0.2, -0.15) is 13.2 Å². The van der Waals surface area contributed by atoms with Crippen LogP contribution in [-0.4, -0.2) is 48.4 Å². The van der Waals surface area contributed by atoms with E-state index in [1.54, 1.807) is 18.0 Å². The van der Waals surface area contributed by atoms with Crippen molar-refractivity contribution in [2.75, 3.05) is 32.2 Å². The van der Waals surface area contributed by atoms with Gasteiger partial charge < -0.3 is 14.6 Å². The van der Waals surface area contributed by atoms with Crippen LogP contribution >= 0.6 is 11.8 Å². The predicted molar refractivity (Wildman–Crippen MR) is 78.1 cm³/mol. The van der Waals surface area contributed by atoms with Gasteiger partial charge in [0.05, 0.1) is 32.1 Å². The SMILES string of the molecule is Cc1cnc(CO)c(C)c1SCCOCCOCC(F)(F)F. The fraction of sp³-hybridized carbons (Fsp3) is 0.643. The molecule has 1 N–H and O–H groups in total. The van der Waals surface area contributed by atoms with Gasteiger partial charge in [0, 0.05) is 16.8 Å². The number of halogens is 3. The van der Waals surface area contributed by atoms with Crippen LogP contribution in [0.2, 0.25) is 0 Å². The highest BCUT2D eigenvalue weighted by Crippen LogP contribution is 2.27. The molecule has 8 heteroatoms. The van der Waals surface area contributed by atoms with E-state index in [4.69, 9.17) is 4.74 Å². The molecule has 0 aliphatic carbocycles. The summed E-state index contributed by atoms with van der Waals surface area (Å²) >= 11 is 1.57. The fourth-order valence-electron chi connectivity index (χ4n) is 1.75. The lowest BCUT2D eigenvalue weighted by molar-refractivity contribution is -0.176. The molecule has 0 amide bonds. The summed E-state index contributed by atoms with van der Waals surface area (Å²) < 4.78 is 45.1. The number of hydrogen-bond acceptors (Lipinski definition) is 5. The lowest BCUT2D eigenvalue weighted by Gasteiger charge is -2.12. The Hall–Kier alpha value is -0.830. The van der Waals surface area contributed by atoms with Crippen LogP contribution in [0, 0.1) is 13.8 Å². The van der Waals surface area contributed by atoms with Crippen LogP contribution in [0.3, 0.4) is 0 Å². The standard InChI is InChI=1S/C14H20F3NO3S/c1-10-7-18-12(8-19)11(2)13(10)22-6-5-20-3-4-21-9-14(15,16)17/h7,19H,3-6,8-9H2,1-2H3. The van der Waals surface area contributed by atoms with E-state index >= 15 is 0 Å². The summed E-state index contributed by atoms with van der Waals surface area (Å²) in [6, 6.07) is 0. The Kier molecular flexibility index (Phi) is 8.16. The Balaban J connectivity index is 2.23. The van der Waals surface area contributed by atoms with Crippen molar-refractivity contribution in [3.05, 3.63) is 23.0 Å². The monoisotopic (exact) mass is 339 g/mol. The number of aromatic nitrogens is 1. The Morgan fingerprint density at radius 1 is 1.18 bits per heavy atom. The summed E-state index contributed by atoms with van der Waals surface area (Å²) in [6.45, 7) is 2.96. The number of nitrogens with zero attached hydrogens (tertiary/aromatic N) is 1. The van der Waals surface area contributed by atoms with E-state index in [2.05, 4.69) is 9.72 Å². The van der Waals surface area contributed by atoms with Crippen LogP contribution in [0.1, 0.15) is 16.8 Å². The van der Waals surface area contributed by atoms with Gasteiger partial charge in [0.15, 0.2) is 0 Å². The maximum atomic E-state index is 11.8. The lowest BCUT2D eigenvalue weighted by atomic mass is 10.2. The molecule has 0 atom stereocenters. The number of pyridine rings is 1. The molecule has 1 aromatic heterocycles. The molecule has 0 unspecified atom stereocenters. The van der Waals surface area contributed by atoms with E-state index in [1.165, 1.54) is 0 Å². The topological polar surface area (TPSA) is 51.6 Å². The molecule has 126 valence electrons. The zero-order valence-electron chi connectivity index (χ0n) is 12.6. The number of thioether (sulfide) groups is 1. The molecule has 22 heavy (non-hydrogen) atoms. The number of aliphatic hydroxyl groups is 1. The normalized spacial score (nSPS) is 11.9. The van der Waals surface area contributed by atoms with E-state index < -0.39 is 12.8 Å². The number of aryl methyl sites for hydroxylation is 1. The van der Waals surface area contributed by atoms with Gasteiger partial charge in [-0.15, -0.1) is 11.8 Å². The highest BCUT2D eigenvalue weighted by atomic mass is 32.2. The molecule has 4 nitrogen and oxygen atoms in total. The van der Waals surface area contributed by atoms with Crippen LogP contribution in [0.25, 0.3) is 0 Å². The number of alkyl halides is 3. The molecule has 0 saturated heterocycles. The van der Waals surface area contributed by atoms with Gasteiger partial charge in [-0.25, -0.2) is 0 Å². The van der Waals surface area contributed by atoms with E-state index in [-0.39, 0.29) is 19.8 Å². The molecule has 0 radical (unpaired) electrons. The van der Waals surface area contributed by atoms with Crippen molar-refractivity contribution in [3.8, 4) is 0 Å².